The monoisotopic (exact) mass is 418 g/mol. The van der Waals surface area contributed by atoms with Gasteiger partial charge in [-0.05, 0) is 25.7 Å². The van der Waals surface area contributed by atoms with E-state index in [2.05, 4.69) is 27.7 Å². The van der Waals surface area contributed by atoms with E-state index in [-0.39, 0.29) is 12.2 Å². The minimum Gasteiger partial charge on any atom is -0.307 e. The predicted molar refractivity (Wildman–Crippen MR) is 125 cm³/mol. The molecule has 0 aliphatic rings. The van der Waals surface area contributed by atoms with Gasteiger partial charge in [-0.15, -0.1) is 0 Å². The molecule has 170 valence electrons. The normalized spacial score (nSPS) is 14.9. The lowest BCUT2D eigenvalue weighted by Crippen LogP contribution is -2.13. The summed E-state index contributed by atoms with van der Waals surface area (Å²) >= 11 is 0. The molecule has 0 amide bonds. The molecule has 4 heteroatoms. The highest BCUT2D eigenvalue weighted by molar-refractivity contribution is 7.33. The Kier molecular flexibility index (Phi) is 22.0. The van der Waals surface area contributed by atoms with Crippen LogP contribution in [0.5, 0.6) is 0 Å². The van der Waals surface area contributed by atoms with Crippen LogP contribution < -0.4 is 0 Å². The highest BCUT2D eigenvalue weighted by atomic mass is 31.1. The van der Waals surface area contributed by atoms with Crippen LogP contribution in [-0.4, -0.2) is 12.2 Å². The fourth-order valence-corrected chi connectivity index (χ4v) is 4.71. The van der Waals surface area contributed by atoms with Crippen molar-refractivity contribution < 1.29 is 13.6 Å². The van der Waals surface area contributed by atoms with Crippen molar-refractivity contribution in [2.75, 3.05) is 0 Å². The van der Waals surface area contributed by atoms with Crippen LogP contribution in [0.2, 0.25) is 0 Å². The van der Waals surface area contributed by atoms with Crippen molar-refractivity contribution >= 4 is 8.25 Å². The minimum atomic E-state index is -2.39. The zero-order chi connectivity index (χ0) is 20.9. The first-order valence-corrected chi connectivity index (χ1v) is 13.8. The molecule has 0 aromatic carbocycles. The average Bonchev–Trinajstić information content (AvgIpc) is 2.69. The summed E-state index contributed by atoms with van der Waals surface area (Å²) in [5, 5.41) is 0. The molecule has 0 saturated carbocycles. The van der Waals surface area contributed by atoms with Gasteiger partial charge in [0.1, 0.15) is 0 Å². The molecule has 0 heterocycles. The van der Waals surface area contributed by atoms with Gasteiger partial charge < -0.3 is 9.05 Å². The summed E-state index contributed by atoms with van der Waals surface area (Å²) in [5.74, 6) is 0. The lowest BCUT2D eigenvalue weighted by atomic mass is 10.0. The highest BCUT2D eigenvalue weighted by Gasteiger charge is 2.17. The summed E-state index contributed by atoms with van der Waals surface area (Å²) in [6, 6.07) is 0. The van der Waals surface area contributed by atoms with E-state index in [9.17, 15) is 4.57 Å². The molecule has 0 aliphatic carbocycles. The molecule has 0 bridgehead atoms. The predicted octanol–water partition coefficient (Wildman–Crippen LogP) is 9.25. The van der Waals surface area contributed by atoms with Gasteiger partial charge in [-0.2, -0.15) is 0 Å². The van der Waals surface area contributed by atoms with Gasteiger partial charge in [0.2, 0.25) is 0 Å². The third-order valence-electron chi connectivity index (χ3n) is 5.54. The Morgan fingerprint density at radius 1 is 0.500 bits per heavy atom. The van der Waals surface area contributed by atoms with E-state index in [1.54, 1.807) is 0 Å². The Morgan fingerprint density at radius 3 is 1.18 bits per heavy atom. The van der Waals surface area contributed by atoms with Crippen molar-refractivity contribution in [1.29, 1.82) is 0 Å². The summed E-state index contributed by atoms with van der Waals surface area (Å²) in [6.45, 7) is 8.90. The van der Waals surface area contributed by atoms with Gasteiger partial charge in [0.05, 0.1) is 12.2 Å². The molecule has 2 unspecified atom stereocenters. The molecule has 2 atom stereocenters. The molecule has 0 fully saturated rings. The van der Waals surface area contributed by atoms with E-state index >= 15 is 0 Å². The van der Waals surface area contributed by atoms with Crippen LogP contribution in [0.15, 0.2) is 0 Å². The van der Waals surface area contributed by atoms with Crippen molar-refractivity contribution in [3.05, 3.63) is 0 Å². The average molecular weight is 419 g/mol. The van der Waals surface area contributed by atoms with Crippen molar-refractivity contribution in [3.8, 4) is 0 Å². The van der Waals surface area contributed by atoms with E-state index in [0.29, 0.717) is 0 Å². The molecule has 0 aromatic rings. The first kappa shape index (κ1) is 28.1. The SMILES string of the molecule is CCCCCCCC(CCCC)O[PH](=O)OC(CCCC)CCCCCCC. The lowest BCUT2D eigenvalue weighted by Gasteiger charge is -2.21. The topological polar surface area (TPSA) is 35.5 Å². The number of unbranched alkanes of at least 4 members (excludes halogenated alkanes) is 10. The van der Waals surface area contributed by atoms with Crippen LogP contribution in [0.3, 0.4) is 0 Å². The fraction of sp³-hybridized carbons (Fsp3) is 1.00. The molecule has 0 spiro atoms. The van der Waals surface area contributed by atoms with Crippen LogP contribution in [0.4, 0.5) is 0 Å². The Balaban J connectivity index is 4.33. The molecule has 0 aliphatic heterocycles. The Labute approximate surface area is 177 Å². The van der Waals surface area contributed by atoms with Crippen LogP contribution in [0, 0.1) is 0 Å². The number of hydrogen-bond acceptors (Lipinski definition) is 3. The molecule has 0 saturated heterocycles. The second-order valence-electron chi connectivity index (χ2n) is 8.42. The van der Waals surface area contributed by atoms with E-state index < -0.39 is 8.25 Å². The maximum absolute atomic E-state index is 12.6. The molecular weight excluding hydrogens is 367 g/mol. The van der Waals surface area contributed by atoms with Crippen LogP contribution >= 0.6 is 8.25 Å². The van der Waals surface area contributed by atoms with Gasteiger partial charge >= 0.3 is 8.25 Å². The summed E-state index contributed by atoms with van der Waals surface area (Å²) in [5.41, 5.74) is 0. The summed E-state index contributed by atoms with van der Waals surface area (Å²) < 4.78 is 24.5. The molecule has 0 N–H and O–H groups in total. The smallest absolute Gasteiger partial charge is 0.307 e. The molecule has 28 heavy (non-hydrogen) atoms. The van der Waals surface area contributed by atoms with E-state index in [1.165, 1.54) is 64.2 Å². The molecular formula is C24H51O3P. The summed E-state index contributed by atoms with van der Waals surface area (Å²) in [7, 11) is -2.39. The largest absolute Gasteiger partial charge is 0.319 e. The summed E-state index contributed by atoms with van der Waals surface area (Å²) in [6.07, 6.45) is 21.6. The van der Waals surface area contributed by atoms with Crippen molar-refractivity contribution in [1.82, 2.24) is 0 Å². The van der Waals surface area contributed by atoms with Crippen molar-refractivity contribution in [3.63, 3.8) is 0 Å². The summed E-state index contributed by atoms with van der Waals surface area (Å²) in [4.78, 5) is 0. The van der Waals surface area contributed by atoms with E-state index in [0.717, 1.165) is 51.4 Å². The first-order chi connectivity index (χ1) is 13.7. The van der Waals surface area contributed by atoms with Crippen LogP contribution in [0.25, 0.3) is 0 Å². The van der Waals surface area contributed by atoms with E-state index in [1.807, 2.05) is 0 Å². The Bertz CT molecular complexity index is 306. The maximum atomic E-state index is 12.6. The number of rotatable bonds is 22. The van der Waals surface area contributed by atoms with Crippen molar-refractivity contribution in [2.24, 2.45) is 0 Å². The van der Waals surface area contributed by atoms with Crippen molar-refractivity contribution in [2.45, 2.75) is 155 Å². The Hall–Kier alpha value is 0.150. The third kappa shape index (κ3) is 18.2. The third-order valence-corrected chi connectivity index (χ3v) is 6.60. The van der Waals surface area contributed by atoms with Crippen LogP contribution in [0.1, 0.15) is 143 Å². The fourth-order valence-electron chi connectivity index (χ4n) is 3.64. The van der Waals surface area contributed by atoms with Gasteiger partial charge in [0.15, 0.2) is 0 Å². The zero-order valence-corrected chi connectivity index (χ0v) is 20.6. The minimum absolute atomic E-state index is 0.115. The maximum Gasteiger partial charge on any atom is 0.319 e. The molecule has 0 radical (unpaired) electrons. The zero-order valence-electron chi connectivity index (χ0n) is 19.6. The highest BCUT2D eigenvalue weighted by Crippen LogP contribution is 2.34. The van der Waals surface area contributed by atoms with E-state index in [4.69, 9.17) is 9.05 Å². The quantitative estimate of drug-likeness (QED) is 0.130. The van der Waals surface area contributed by atoms with Crippen LogP contribution in [-0.2, 0) is 13.6 Å². The van der Waals surface area contributed by atoms with Gasteiger partial charge in [0.25, 0.3) is 0 Å². The van der Waals surface area contributed by atoms with Gasteiger partial charge in [-0.3, -0.25) is 4.57 Å². The standard InChI is InChI=1S/C24H51O3P/c1-5-9-13-15-17-21-23(19-11-7-3)26-28(25)27-24(20-12-8-4)22-18-16-14-10-6-2/h23-24,28H,5-22H2,1-4H3. The second-order valence-corrected chi connectivity index (χ2v) is 9.39. The second kappa shape index (κ2) is 21.8. The molecule has 0 aromatic heterocycles. The molecule has 3 nitrogen and oxygen atoms in total. The lowest BCUT2D eigenvalue weighted by molar-refractivity contribution is 0.107. The number of hydrogen-bond donors (Lipinski definition) is 0. The van der Waals surface area contributed by atoms with Gasteiger partial charge in [-0.25, -0.2) is 0 Å². The molecule has 0 rings (SSSR count). The Morgan fingerprint density at radius 2 is 0.821 bits per heavy atom. The van der Waals surface area contributed by atoms with Gasteiger partial charge in [0, 0.05) is 0 Å². The van der Waals surface area contributed by atoms with Gasteiger partial charge in [-0.1, -0.05) is 118 Å². The first-order valence-electron chi connectivity index (χ1n) is 12.5.